The maximum absolute atomic E-state index is 12.7. The zero-order valence-corrected chi connectivity index (χ0v) is 14.7. The van der Waals surface area contributed by atoms with E-state index in [2.05, 4.69) is 10.1 Å². The molecule has 0 spiro atoms. The van der Waals surface area contributed by atoms with Gasteiger partial charge in [-0.15, -0.1) is 24.2 Å². The van der Waals surface area contributed by atoms with Gasteiger partial charge in [0.1, 0.15) is 6.04 Å². The van der Waals surface area contributed by atoms with Crippen molar-refractivity contribution in [3.8, 4) is 0 Å². The van der Waals surface area contributed by atoms with Crippen LogP contribution in [0.25, 0.3) is 0 Å². The van der Waals surface area contributed by atoms with Gasteiger partial charge in [-0.25, -0.2) is 0 Å². The molecule has 128 valence electrons. The number of nitrogens with two attached hydrogens (primary N) is 1. The fourth-order valence-electron chi connectivity index (χ4n) is 3.63. The largest absolute Gasteiger partial charge is 0.337 e. The Morgan fingerprint density at radius 3 is 2.70 bits per heavy atom. The van der Waals surface area contributed by atoms with E-state index < -0.39 is 5.54 Å². The number of hydrogen-bond donors (Lipinski definition) is 1. The fourth-order valence-corrected chi connectivity index (χ4v) is 4.78. The Morgan fingerprint density at radius 2 is 2.04 bits per heavy atom. The number of amides is 1. The molecular formula is C15H23ClN4O2S. The Hall–Kier alpha value is -0.790. The van der Waals surface area contributed by atoms with E-state index >= 15 is 0 Å². The van der Waals surface area contributed by atoms with Crippen LogP contribution in [0.3, 0.4) is 0 Å². The summed E-state index contributed by atoms with van der Waals surface area (Å²) >= 11 is 1.75. The average Bonchev–Trinajstić information content (AvgIpc) is 3.23. The summed E-state index contributed by atoms with van der Waals surface area (Å²) in [7, 11) is 0. The fraction of sp³-hybridized carbons (Fsp3) is 0.800. The molecule has 1 saturated heterocycles. The third-order valence-electron chi connectivity index (χ3n) is 5.29. The van der Waals surface area contributed by atoms with Crippen LogP contribution in [-0.2, 0) is 10.3 Å². The first-order valence-corrected chi connectivity index (χ1v) is 9.34. The molecule has 3 aliphatic rings. The quantitative estimate of drug-likeness (QED) is 0.893. The Balaban J connectivity index is 0.00000156. The molecule has 2 aliphatic carbocycles. The van der Waals surface area contributed by atoms with Crippen molar-refractivity contribution < 1.29 is 9.32 Å². The number of carbonyl (C=O) groups is 1. The van der Waals surface area contributed by atoms with Crippen LogP contribution in [0.5, 0.6) is 0 Å². The van der Waals surface area contributed by atoms with E-state index in [9.17, 15) is 4.79 Å². The Labute approximate surface area is 146 Å². The number of carbonyl (C=O) groups excluding carboxylic acids is 1. The molecule has 1 amide bonds. The summed E-state index contributed by atoms with van der Waals surface area (Å²) in [6.07, 6.45) is 7.32. The predicted octanol–water partition coefficient (Wildman–Crippen LogP) is 2.59. The third-order valence-corrected chi connectivity index (χ3v) is 6.30. The molecule has 1 unspecified atom stereocenters. The average molecular weight is 359 g/mol. The highest BCUT2D eigenvalue weighted by atomic mass is 35.5. The van der Waals surface area contributed by atoms with Crippen molar-refractivity contribution in [1.29, 1.82) is 0 Å². The van der Waals surface area contributed by atoms with Crippen molar-refractivity contribution in [2.24, 2.45) is 11.7 Å². The van der Waals surface area contributed by atoms with Crippen LogP contribution < -0.4 is 5.73 Å². The highest BCUT2D eigenvalue weighted by Gasteiger charge is 2.42. The van der Waals surface area contributed by atoms with E-state index in [-0.39, 0.29) is 30.3 Å². The lowest BCUT2D eigenvalue weighted by molar-refractivity contribution is -0.136. The van der Waals surface area contributed by atoms with Gasteiger partial charge in [-0.3, -0.25) is 4.79 Å². The normalized spacial score (nSPS) is 26.8. The van der Waals surface area contributed by atoms with Crippen molar-refractivity contribution in [3.63, 3.8) is 0 Å². The summed E-state index contributed by atoms with van der Waals surface area (Å²) in [5.74, 6) is 3.18. The second kappa shape index (κ2) is 6.61. The van der Waals surface area contributed by atoms with Crippen LogP contribution in [0.4, 0.5) is 0 Å². The smallest absolute Gasteiger partial charge is 0.250 e. The maximum Gasteiger partial charge on any atom is 0.250 e. The molecule has 0 bridgehead atoms. The Kier molecular flexibility index (Phi) is 4.90. The number of thioether (sulfide) groups is 1. The summed E-state index contributed by atoms with van der Waals surface area (Å²) < 4.78 is 5.47. The Morgan fingerprint density at radius 1 is 1.30 bits per heavy atom. The van der Waals surface area contributed by atoms with Crippen molar-refractivity contribution in [1.82, 2.24) is 15.0 Å². The molecule has 1 aromatic heterocycles. The Bertz CT molecular complexity index is 572. The predicted molar refractivity (Wildman–Crippen MR) is 90.1 cm³/mol. The number of aromatic nitrogens is 2. The van der Waals surface area contributed by atoms with Crippen LogP contribution >= 0.6 is 24.2 Å². The summed E-state index contributed by atoms with van der Waals surface area (Å²) in [5, 5.41) is 4.09. The van der Waals surface area contributed by atoms with E-state index in [1.807, 2.05) is 4.90 Å². The molecule has 0 radical (unpaired) electrons. The first kappa shape index (κ1) is 17.0. The summed E-state index contributed by atoms with van der Waals surface area (Å²) in [6, 6.07) is -0.0805. The van der Waals surface area contributed by atoms with E-state index in [0.29, 0.717) is 11.7 Å². The van der Waals surface area contributed by atoms with Crippen LogP contribution in [-0.4, -0.2) is 32.6 Å². The highest BCUT2D eigenvalue weighted by Crippen LogP contribution is 2.40. The molecule has 2 N–H and O–H groups in total. The van der Waals surface area contributed by atoms with Gasteiger partial charge < -0.3 is 15.2 Å². The van der Waals surface area contributed by atoms with Crippen molar-refractivity contribution in [3.05, 3.63) is 11.7 Å². The minimum Gasteiger partial charge on any atom is -0.337 e. The van der Waals surface area contributed by atoms with Crippen LogP contribution in [0.2, 0.25) is 0 Å². The van der Waals surface area contributed by atoms with Crippen LogP contribution in [0.15, 0.2) is 4.52 Å². The zero-order chi connectivity index (χ0) is 15.2. The second-order valence-corrected chi connectivity index (χ2v) is 7.77. The van der Waals surface area contributed by atoms with Crippen molar-refractivity contribution >= 4 is 30.1 Å². The van der Waals surface area contributed by atoms with Gasteiger partial charge in [0, 0.05) is 11.7 Å². The van der Waals surface area contributed by atoms with Gasteiger partial charge in [0.15, 0.2) is 5.82 Å². The van der Waals surface area contributed by atoms with Gasteiger partial charge in [-0.1, -0.05) is 18.0 Å². The van der Waals surface area contributed by atoms with Gasteiger partial charge in [-0.2, -0.15) is 4.98 Å². The minimum absolute atomic E-state index is 0. The van der Waals surface area contributed by atoms with Gasteiger partial charge in [0.05, 0.1) is 11.4 Å². The van der Waals surface area contributed by atoms with Gasteiger partial charge in [0.25, 0.3) is 0 Å². The molecule has 1 atom stereocenters. The SMILES string of the molecule is Cl.NC1(c2noc(C3CSCN3C(=O)C3CCCC3)n2)CCC1. The standard InChI is InChI=1S/C15H22N4O2S.ClH/c16-15(6-3-7-15)14-17-12(21-18-14)11-8-22-9-19(11)13(20)10-4-1-2-5-10;/h10-11H,1-9,16H2;1H. The van der Waals surface area contributed by atoms with Gasteiger partial charge >= 0.3 is 0 Å². The van der Waals surface area contributed by atoms with Gasteiger partial charge in [-0.05, 0) is 32.1 Å². The molecule has 23 heavy (non-hydrogen) atoms. The number of hydrogen-bond acceptors (Lipinski definition) is 6. The second-order valence-electron chi connectivity index (χ2n) is 6.77. The lowest BCUT2D eigenvalue weighted by atomic mass is 9.77. The van der Waals surface area contributed by atoms with E-state index in [1.165, 1.54) is 12.8 Å². The molecule has 2 heterocycles. The van der Waals surface area contributed by atoms with Gasteiger partial charge in [0.2, 0.25) is 11.8 Å². The minimum atomic E-state index is -0.409. The third kappa shape index (κ3) is 2.98. The first-order valence-electron chi connectivity index (χ1n) is 8.18. The first-order chi connectivity index (χ1) is 10.7. The monoisotopic (exact) mass is 358 g/mol. The molecule has 6 nitrogen and oxygen atoms in total. The molecular weight excluding hydrogens is 336 g/mol. The maximum atomic E-state index is 12.7. The molecule has 2 saturated carbocycles. The van der Waals surface area contributed by atoms with Crippen molar-refractivity contribution in [2.45, 2.75) is 56.5 Å². The molecule has 4 rings (SSSR count). The molecule has 1 aliphatic heterocycles. The lowest BCUT2D eigenvalue weighted by Crippen LogP contribution is -2.44. The van der Waals surface area contributed by atoms with E-state index in [1.54, 1.807) is 11.8 Å². The number of halogens is 1. The molecule has 1 aromatic rings. The van der Waals surface area contributed by atoms with E-state index in [4.69, 9.17) is 10.3 Å². The number of nitrogens with zero attached hydrogens (tertiary/aromatic N) is 3. The van der Waals surface area contributed by atoms with Crippen LogP contribution in [0, 0.1) is 5.92 Å². The highest BCUT2D eigenvalue weighted by molar-refractivity contribution is 7.99. The molecule has 0 aromatic carbocycles. The summed E-state index contributed by atoms with van der Waals surface area (Å²) in [5.41, 5.74) is 5.85. The zero-order valence-electron chi connectivity index (χ0n) is 13.1. The van der Waals surface area contributed by atoms with E-state index in [0.717, 1.165) is 43.7 Å². The lowest BCUT2D eigenvalue weighted by Gasteiger charge is -2.34. The molecule has 8 heteroatoms. The summed E-state index contributed by atoms with van der Waals surface area (Å²) in [6.45, 7) is 0. The summed E-state index contributed by atoms with van der Waals surface area (Å²) in [4.78, 5) is 19.2. The molecule has 3 fully saturated rings. The topological polar surface area (TPSA) is 85.2 Å². The number of rotatable bonds is 3. The van der Waals surface area contributed by atoms with Crippen molar-refractivity contribution in [2.75, 3.05) is 11.6 Å². The van der Waals surface area contributed by atoms with Crippen LogP contribution in [0.1, 0.15) is 62.7 Å².